The van der Waals surface area contributed by atoms with Crippen LogP contribution >= 0.6 is 0 Å². The van der Waals surface area contributed by atoms with Gasteiger partial charge in [0.05, 0.1) is 24.6 Å². The van der Waals surface area contributed by atoms with E-state index in [1.54, 1.807) is 7.05 Å². The van der Waals surface area contributed by atoms with Crippen LogP contribution in [0.5, 0.6) is 0 Å². The number of anilines is 1. The van der Waals surface area contributed by atoms with Crippen molar-refractivity contribution < 1.29 is 15.0 Å². The molecule has 1 aromatic rings. The molecule has 7 nitrogen and oxygen atoms in total. The van der Waals surface area contributed by atoms with Gasteiger partial charge in [0.25, 0.3) is 5.91 Å². The van der Waals surface area contributed by atoms with Crippen molar-refractivity contribution in [2.75, 3.05) is 32.0 Å². The Hall–Kier alpha value is -1.60. The predicted molar refractivity (Wildman–Crippen MR) is 67.1 cm³/mol. The Morgan fingerprint density at radius 2 is 1.94 bits per heavy atom. The molecular weight excluding hydrogens is 236 g/mol. The zero-order valence-electron chi connectivity index (χ0n) is 10.8. The number of aliphatic hydroxyl groups excluding tert-OH is 2. The van der Waals surface area contributed by atoms with Gasteiger partial charge in [0.2, 0.25) is 0 Å². The van der Waals surface area contributed by atoms with Gasteiger partial charge in [-0.1, -0.05) is 6.92 Å². The Morgan fingerprint density at radius 3 is 2.33 bits per heavy atom. The molecule has 1 aromatic heterocycles. The monoisotopic (exact) mass is 256 g/mol. The van der Waals surface area contributed by atoms with Gasteiger partial charge in [-0.15, -0.1) is 0 Å². The lowest BCUT2D eigenvalue weighted by Crippen LogP contribution is -2.37. The first-order valence-electron chi connectivity index (χ1n) is 5.89. The number of nitrogens with zero attached hydrogens (tertiary/aromatic N) is 3. The molecule has 0 atom stereocenters. The number of carbonyl (C=O) groups is 1. The number of nitrogens with two attached hydrogens (primary N) is 1. The van der Waals surface area contributed by atoms with Crippen molar-refractivity contribution >= 4 is 11.6 Å². The number of hydrogen-bond donors (Lipinski definition) is 3. The average molecular weight is 256 g/mol. The van der Waals surface area contributed by atoms with Crippen LogP contribution in [0.4, 0.5) is 5.69 Å². The Balaban J connectivity index is 3.04. The van der Waals surface area contributed by atoms with Crippen molar-refractivity contribution in [3.8, 4) is 0 Å². The average Bonchev–Trinajstić information content (AvgIpc) is 2.63. The van der Waals surface area contributed by atoms with Crippen LogP contribution in [0.1, 0.15) is 23.1 Å². The molecule has 0 bridgehead atoms. The van der Waals surface area contributed by atoms with E-state index in [0.717, 1.165) is 0 Å². The molecule has 0 saturated heterocycles. The molecule has 0 fully saturated rings. The van der Waals surface area contributed by atoms with Gasteiger partial charge in [-0.25, -0.2) is 0 Å². The zero-order valence-corrected chi connectivity index (χ0v) is 10.8. The molecule has 1 rings (SSSR count). The highest BCUT2D eigenvalue weighted by atomic mass is 16.3. The van der Waals surface area contributed by atoms with Crippen LogP contribution in [0.3, 0.4) is 0 Å². The van der Waals surface area contributed by atoms with Crippen LogP contribution in [0, 0.1) is 0 Å². The second-order valence-electron chi connectivity index (χ2n) is 3.93. The molecule has 0 aromatic carbocycles. The summed E-state index contributed by atoms with van der Waals surface area (Å²) in [4.78, 5) is 13.6. The normalized spacial score (nSPS) is 10.7. The third-order valence-corrected chi connectivity index (χ3v) is 2.72. The van der Waals surface area contributed by atoms with Gasteiger partial charge in [0.1, 0.15) is 5.69 Å². The lowest BCUT2D eigenvalue weighted by molar-refractivity contribution is 0.0675. The van der Waals surface area contributed by atoms with E-state index in [-0.39, 0.29) is 32.2 Å². The Morgan fingerprint density at radius 1 is 1.39 bits per heavy atom. The van der Waals surface area contributed by atoms with Crippen molar-refractivity contribution in [1.29, 1.82) is 0 Å². The van der Waals surface area contributed by atoms with E-state index in [0.29, 0.717) is 23.5 Å². The molecule has 0 saturated carbocycles. The second-order valence-corrected chi connectivity index (χ2v) is 3.93. The maximum Gasteiger partial charge on any atom is 0.274 e. The Bertz CT molecular complexity index is 411. The maximum atomic E-state index is 12.3. The fourth-order valence-electron chi connectivity index (χ4n) is 1.82. The van der Waals surface area contributed by atoms with Crippen LogP contribution in [0.2, 0.25) is 0 Å². The summed E-state index contributed by atoms with van der Waals surface area (Å²) in [5.41, 5.74) is 7.23. The fraction of sp³-hybridized carbons (Fsp3) is 0.636. The molecule has 0 aliphatic rings. The molecular formula is C11H20N4O3. The van der Waals surface area contributed by atoms with E-state index < -0.39 is 0 Å². The van der Waals surface area contributed by atoms with Gasteiger partial charge >= 0.3 is 0 Å². The highest BCUT2D eigenvalue weighted by molar-refractivity contribution is 5.98. The molecule has 102 valence electrons. The number of hydrogen-bond acceptors (Lipinski definition) is 5. The number of carbonyl (C=O) groups excluding carboxylic acids is 1. The Labute approximate surface area is 106 Å². The summed E-state index contributed by atoms with van der Waals surface area (Å²) in [5, 5.41) is 22.0. The molecule has 0 unspecified atom stereocenters. The van der Waals surface area contributed by atoms with Crippen molar-refractivity contribution in [2.45, 2.75) is 13.3 Å². The third-order valence-electron chi connectivity index (χ3n) is 2.72. The lowest BCUT2D eigenvalue weighted by atomic mass is 10.2. The van der Waals surface area contributed by atoms with Gasteiger partial charge in [0.15, 0.2) is 0 Å². The van der Waals surface area contributed by atoms with E-state index in [9.17, 15) is 4.79 Å². The number of nitrogen functional groups attached to an aromatic ring is 1. The molecule has 0 aliphatic carbocycles. The zero-order chi connectivity index (χ0) is 13.7. The van der Waals surface area contributed by atoms with Crippen LogP contribution in [0.15, 0.2) is 0 Å². The lowest BCUT2D eigenvalue weighted by Gasteiger charge is -2.20. The van der Waals surface area contributed by atoms with Gasteiger partial charge in [-0.05, 0) is 6.42 Å². The SMILES string of the molecule is CCc1nn(C)c(C(=O)N(CCO)CCO)c1N. The second kappa shape index (κ2) is 6.36. The van der Waals surface area contributed by atoms with Gasteiger partial charge < -0.3 is 20.8 Å². The first-order chi connectivity index (χ1) is 8.56. The molecule has 1 heterocycles. The smallest absolute Gasteiger partial charge is 0.274 e. The van der Waals surface area contributed by atoms with Gasteiger partial charge in [-0.2, -0.15) is 5.10 Å². The number of aliphatic hydroxyl groups is 2. The molecule has 0 radical (unpaired) electrons. The fourth-order valence-corrected chi connectivity index (χ4v) is 1.82. The van der Waals surface area contributed by atoms with Crippen molar-refractivity contribution in [3.05, 3.63) is 11.4 Å². The number of rotatable bonds is 6. The first-order valence-corrected chi connectivity index (χ1v) is 5.89. The number of amides is 1. The molecule has 18 heavy (non-hydrogen) atoms. The van der Waals surface area contributed by atoms with Crippen molar-refractivity contribution in [2.24, 2.45) is 7.05 Å². The van der Waals surface area contributed by atoms with Crippen LogP contribution in [-0.4, -0.2) is 57.1 Å². The molecule has 1 amide bonds. The first kappa shape index (κ1) is 14.5. The summed E-state index contributed by atoms with van der Waals surface area (Å²) in [5.74, 6) is -0.328. The maximum absolute atomic E-state index is 12.3. The quantitative estimate of drug-likeness (QED) is 0.605. The summed E-state index contributed by atoms with van der Waals surface area (Å²) >= 11 is 0. The summed E-state index contributed by atoms with van der Waals surface area (Å²) in [7, 11) is 1.65. The van der Waals surface area contributed by atoms with E-state index in [1.807, 2.05) is 6.92 Å². The minimum atomic E-state index is -0.328. The van der Waals surface area contributed by atoms with Gasteiger partial charge in [0, 0.05) is 20.1 Å². The largest absolute Gasteiger partial charge is 0.395 e. The van der Waals surface area contributed by atoms with E-state index in [4.69, 9.17) is 15.9 Å². The number of aryl methyl sites for hydroxylation is 2. The predicted octanol–water partition coefficient (Wildman–Crippen LogP) is -1.01. The van der Waals surface area contributed by atoms with Crippen LogP contribution in [0.25, 0.3) is 0 Å². The third kappa shape index (κ3) is 2.80. The van der Waals surface area contributed by atoms with E-state index in [2.05, 4.69) is 5.10 Å². The highest BCUT2D eigenvalue weighted by Gasteiger charge is 2.23. The van der Waals surface area contributed by atoms with E-state index in [1.165, 1.54) is 9.58 Å². The summed E-state index contributed by atoms with van der Waals surface area (Å²) in [6.45, 7) is 1.90. The molecule has 7 heteroatoms. The van der Waals surface area contributed by atoms with Crippen molar-refractivity contribution in [3.63, 3.8) is 0 Å². The summed E-state index contributed by atoms with van der Waals surface area (Å²) < 4.78 is 1.44. The Kier molecular flexibility index (Phi) is 5.11. The minimum absolute atomic E-state index is 0.158. The standard InChI is InChI=1S/C11H20N4O3/c1-3-8-9(12)10(14(2)13-8)11(18)15(4-6-16)5-7-17/h16-17H,3-7,12H2,1-2H3. The molecule has 4 N–H and O–H groups in total. The topological polar surface area (TPSA) is 105 Å². The van der Waals surface area contributed by atoms with Crippen LogP contribution in [-0.2, 0) is 13.5 Å². The molecule has 0 aliphatic heterocycles. The van der Waals surface area contributed by atoms with Crippen molar-refractivity contribution in [1.82, 2.24) is 14.7 Å². The minimum Gasteiger partial charge on any atom is -0.395 e. The van der Waals surface area contributed by atoms with Crippen LogP contribution < -0.4 is 5.73 Å². The molecule has 0 spiro atoms. The summed E-state index contributed by atoms with van der Waals surface area (Å²) in [6.07, 6.45) is 0.646. The number of aromatic nitrogens is 2. The van der Waals surface area contributed by atoms with E-state index >= 15 is 0 Å². The van der Waals surface area contributed by atoms with Gasteiger partial charge in [-0.3, -0.25) is 9.48 Å². The summed E-state index contributed by atoms with van der Waals surface area (Å²) in [6, 6.07) is 0. The highest BCUT2D eigenvalue weighted by Crippen LogP contribution is 2.18.